The van der Waals surface area contributed by atoms with Crippen LogP contribution in [0.15, 0.2) is 48.5 Å². The van der Waals surface area contributed by atoms with Crippen LogP contribution in [0.5, 0.6) is 11.5 Å². The average Bonchev–Trinajstić information content (AvgIpc) is 2.69. The van der Waals surface area contributed by atoms with Crippen LogP contribution < -0.4 is 9.47 Å². The SMILES string of the molecule is OC(CCN(CF)C(F)(F)F)COc1ccccc1CCc1cccc(OC(F)(F)F)c1. The number of hydrogen-bond donors (Lipinski definition) is 1. The number of ether oxygens (including phenoxy) is 2. The van der Waals surface area contributed by atoms with Gasteiger partial charge in [-0.3, -0.25) is 0 Å². The van der Waals surface area contributed by atoms with Gasteiger partial charge in [0.25, 0.3) is 0 Å². The van der Waals surface area contributed by atoms with E-state index in [0.717, 1.165) is 0 Å². The van der Waals surface area contributed by atoms with Gasteiger partial charge in [0.15, 0.2) is 0 Å². The van der Waals surface area contributed by atoms with Crippen LogP contribution in [0.2, 0.25) is 0 Å². The van der Waals surface area contributed by atoms with Crippen molar-refractivity contribution < 1.29 is 45.3 Å². The number of benzene rings is 2. The monoisotopic (exact) mass is 469 g/mol. The number of rotatable bonds is 11. The lowest BCUT2D eigenvalue weighted by atomic mass is 10.0. The average molecular weight is 469 g/mol. The highest BCUT2D eigenvalue weighted by Crippen LogP contribution is 2.26. The molecule has 0 aliphatic carbocycles. The quantitative estimate of drug-likeness (QED) is 0.361. The van der Waals surface area contributed by atoms with Gasteiger partial charge in [0.05, 0.1) is 6.10 Å². The van der Waals surface area contributed by atoms with E-state index in [9.17, 15) is 35.8 Å². The van der Waals surface area contributed by atoms with E-state index < -0.39 is 32.1 Å². The number of para-hydroxylation sites is 1. The smallest absolute Gasteiger partial charge is 0.491 e. The molecule has 0 saturated heterocycles. The van der Waals surface area contributed by atoms with Gasteiger partial charge in [-0.05, 0) is 48.6 Å². The summed E-state index contributed by atoms with van der Waals surface area (Å²) in [4.78, 5) is -0.360. The topological polar surface area (TPSA) is 41.9 Å². The van der Waals surface area contributed by atoms with Crippen molar-refractivity contribution in [2.24, 2.45) is 0 Å². The summed E-state index contributed by atoms with van der Waals surface area (Å²) in [6.45, 7) is -2.73. The predicted octanol–water partition coefficient (Wildman–Crippen LogP) is 5.25. The number of aliphatic hydroxyl groups excluding tert-OH is 1. The van der Waals surface area contributed by atoms with Gasteiger partial charge in [0, 0.05) is 6.54 Å². The number of halogens is 7. The zero-order valence-electron chi connectivity index (χ0n) is 16.8. The second-order valence-corrected chi connectivity index (χ2v) is 6.91. The van der Waals surface area contributed by atoms with E-state index in [2.05, 4.69) is 4.74 Å². The molecule has 2 aromatic rings. The summed E-state index contributed by atoms with van der Waals surface area (Å²) in [7, 11) is 0. The van der Waals surface area contributed by atoms with E-state index in [1.807, 2.05) is 0 Å². The number of alkyl halides is 7. The normalized spacial score (nSPS) is 13.3. The maximum atomic E-state index is 12.5. The third kappa shape index (κ3) is 8.91. The van der Waals surface area contributed by atoms with E-state index in [1.165, 1.54) is 18.2 Å². The van der Waals surface area contributed by atoms with Gasteiger partial charge < -0.3 is 14.6 Å². The molecule has 32 heavy (non-hydrogen) atoms. The Kier molecular flexibility index (Phi) is 9.14. The molecular weight excluding hydrogens is 447 g/mol. The van der Waals surface area contributed by atoms with Gasteiger partial charge in [0.2, 0.25) is 0 Å². The van der Waals surface area contributed by atoms with Crippen LogP contribution in [0.3, 0.4) is 0 Å². The standard InChI is InChI=1S/C21H22F7NO3/c22-14-29(20(23,24)25)11-10-17(30)13-31-19-7-2-1-5-16(19)9-8-15-4-3-6-18(12-15)32-21(26,27)28/h1-7,12,17,30H,8-11,13-14H2. The molecule has 178 valence electrons. The van der Waals surface area contributed by atoms with Crippen molar-refractivity contribution in [2.45, 2.75) is 38.0 Å². The fourth-order valence-electron chi connectivity index (χ4n) is 2.86. The summed E-state index contributed by atoms with van der Waals surface area (Å²) in [5.74, 6) is 0.0521. The van der Waals surface area contributed by atoms with Crippen LogP contribution in [0.4, 0.5) is 30.7 Å². The van der Waals surface area contributed by atoms with Gasteiger partial charge in [-0.15, -0.1) is 13.2 Å². The van der Waals surface area contributed by atoms with Crippen molar-refractivity contribution in [1.29, 1.82) is 0 Å². The Labute approximate surface area is 180 Å². The van der Waals surface area contributed by atoms with Gasteiger partial charge in [-0.2, -0.15) is 18.1 Å². The zero-order valence-corrected chi connectivity index (χ0v) is 16.8. The molecule has 2 aromatic carbocycles. The number of nitrogens with zero attached hydrogens (tertiary/aromatic N) is 1. The van der Waals surface area contributed by atoms with Crippen LogP contribution in [-0.4, -0.2) is 48.7 Å². The van der Waals surface area contributed by atoms with E-state index in [0.29, 0.717) is 29.7 Å². The molecule has 1 unspecified atom stereocenters. The van der Waals surface area contributed by atoms with Crippen molar-refractivity contribution in [1.82, 2.24) is 4.90 Å². The molecule has 0 aliphatic heterocycles. The summed E-state index contributed by atoms with van der Waals surface area (Å²) in [5.41, 5.74) is 1.29. The summed E-state index contributed by atoms with van der Waals surface area (Å²) in [6.07, 6.45) is -10.5. The second-order valence-electron chi connectivity index (χ2n) is 6.91. The number of aryl methyl sites for hydroxylation is 2. The molecule has 0 amide bonds. The summed E-state index contributed by atoms with van der Waals surface area (Å²) in [6, 6.07) is 12.3. The van der Waals surface area contributed by atoms with Crippen LogP contribution in [0.25, 0.3) is 0 Å². The summed E-state index contributed by atoms with van der Waals surface area (Å²) in [5, 5.41) is 9.90. The first-order valence-electron chi connectivity index (χ1n) is 9.59. The van der Waals surface area contributed by atoms with Gasteiger partial charge in [-0.1, -0.05) is 30.3 Å². The third-order valence-electron chi connectivity index (χ3n) is 4.45. The molecular formula is C21H22F7NO3. The summed E-state index contributed by atoms with van der Waals surface area (Å²) >= 11 is 0. The molecule has 0 heterocycles. The van der Waals surface area contributed by atoms with Crippen molar-refractivity contribution >= 4 is 0 Å². The largest absolute Gasteiger partial charge is 0.573 e. The Morgan fingerprint density at radius 2 is 1.66 bits per heavy atom. The first-order valence-corrected chi connectivity index (χ1v) is 9.59. The third-order valence-corrected chi connectivity index (χ3v) is 4.45. The molecule has 0 spiro atoms. The minimum atomic E-state index is -4.83. The number of aliphatic hydroxyl groups is 1. The van der Waals surface area contributed by atoms with Gasteiger partial charge in [-0.25, -0.2) is 4.39 Å². The van der Waals surface area contributed by atoms with E-state index in [-0.39, 0.29) is 23.7 Å². The Hall–Kier alpha value is -2.53. The maximum Gasteiger partial charge on any atom is 0.573 e. The lowest BCUT2D eigenvalue weighted by Gasteiger charge is -2.22. The molecule has 0 aromatic heterocycles. The molecule has 4 nitrogen and oxygen atoms in total. The minimum Gasteiger partial charge on any atom is -0.491 e. The second kappa shape index (κ2) is 11.4. The first-order chi connectivity index (χ1) is 15.0. The molecule has 1 N–H and O–H groups in total. The highest BCUT2D eigenvalue weighted by molar-refractivity contribution is 5.35. The fourth-order valence-corrected chi connectivity index (χ4v) is 2.86. The Morgan fingerprint density at radius 3 is 2.31 bits per heavy atom. The Balaban J connectivity index is 1.91. The Morgan fingerprint density at radius 1 is 0.938 bits per heavy atom. The van der Waals surface area contributed by atoms with Gasteiger partial charge in [0.1, 0.15) is 24.9 Å². The molecule has 11 heteroatoms. The highest BCUT2D eigenvalue weighted by atomic mass is 19.4. The first kappa shape index (κ1) is 25.7. The Bertz CT molecular complexity index is 843. The van der Waals surface area contributed by atoms with E-state index >= 15 is 0 Å². The van der Waals surface area contributed by atoms with E-state index in [1.54, 1.807) is 30.3 Å². The van der Waals surface area contributed by atoms with Crippen molar-refractivity contribution in [3.63, 3.8) is 0 Å². The maximum absolute atomic E-state index is 12.5. The lowest BCUT2D eigenvalue weighted by Crippen LogP contribution is -2.39. The summed E-state index contributed by atoms with van der Waals surface area (Å²) < 4.78 is 96.5. The molecule has 0 bridgehead atoms. The molecule has 0 radical (unpaired) electrons. The molecule has 0 aliphatic rings. The molecule has 0 fully saturated rings. The zero-order chi connectivity index (χ0) is 23.8. The fraction of sp³-hybridized carbons (Fsp3) is 0.429. The molecule has 0 saturated carbocycles. The van der Waals surface area contributed by atoms with Crippen LogP contribution >= 0.6 is 0 Å². The van der Waals surface area contributed by atoms with Crippen LogP contribution in [-0.2, 0) is 12.8 Å². The predicted molar refractivity (Wildman–Crippen MR) is 102 cm³/mol. The lowest BCUT2D eigenvalue weighted by molar-refractivity contribution is -0.274. The number of hydrogen-bond acceptors (Lipinski definition) is 4. The molecule has 2 rings (SSSR count). The molecule has 1 atom stereocenters. The minimum absolute atomic E-state index is 0.302. The van der Waals surface area contributed by atoms with Crippen molar-refractivity contribution in [2.75, 3.05) is 20.0 Å². The van der Waals surface area contributed by atoms with Crippen molar-refractivity contribution in [3.8, 4) is 11.5 Å². The van der Waals surface area contributed by atoms with Crippen LogP contribution in [0.1, 0.15) is 17.5 Å². The highest BCUT2D eigenvalue weighted by Gasteiger charge is 2.37. The van der Waals surface area contributed by atoms with E-state index in [4.69, 9.17) is 4.74 Å². The van der Waals surface area contributed by atoms with Gasteiger partial charge >= 0.3 is 12.7 Å². The van der Waals surface area contributed by atoms with Crippen LogP contribution in [0, 0.1) is 0 Å². The van der Waals surface area contributed by atoms with Crippen molar-refractivity contribution in [3.05, 3.63) is 59.7 Å².